The molecule has 35 nitrogen and oxygen atoms in total. The number of H-pyrrole nitrogens is 1. The average Bonchev–Trinajstić information content (AvgIpc) is 1.74. The molecule has 0 atom stereocenters. The van der Waals surface area contributed by atoms with Crippen molar-refractivity contribution in [2.45, 2.75) is 77.9 Å². The highest BCUT2D eigenvalue weighted by atomic mass is 16.5. The smallest absolute Gasteiger partial charge is 0.252 e. The van der Waals surface area contributed by atoms with Crippen molar-refractivity contribution < 1.29 is 33.6 Å². The summed E-state index contributed by atoms with van der Waals surface area (Å²) < 4.78 is 20.6. The third kappa shape index (κ3) is 12.3. The average molecular weight is 1280 g/mol. The number of nitrogens with zero attached hydrogens (tertiary/aromatic N) is 24. The summed E-state index contributed by atoms with van der Waals surface area (Å²) in [6.07, 6.45) is 17.7. The molecule has 0 spiro atoms. The Morgan fingerprint density at radius 1 is 0.453 bits per heavy atom. The van der Waals surface area contributed by atoms with E-state index in [-0.39, 0.29) is 54.6 Å². The Balaban J connectivity index is 0.000000112. The zero-order chi connectivity index (χ0) is 64.3. The number of aromatic nitrogens is 25. The number of aryl methyl sites for hydroxylation is 1. The van der Waals surface area contributed by atoms with Crippen molar-refractivity contribution in [3.05, 3.63) is 162 Å². The number of aliphatic hydroxyl groups excluding tert-OH is 2. The molecular weight excluding hydrogens is 1220 g/mol. The van der Waals surface area contributed by atoms with Crippen LogP contribution in [0.25, 0.3) is 68.0 Å². The predicted molar refractivity (Wildman–Crippen MR) is 329 cm³/mol. The number of rotatable bonds is 17. The molecule has 0 unspecified atom stereocenters. The molecule has 6 N–H and O–H groups in total. The van der Waals surface area contributed by atoms with Gasteiger partial charge in [-0.05, 0) is 111 Å². The lowest BCUT2D eigenvalue weighted by molar-refractivity contribution is -0.118. The third-order valence-electron chi connectivity index (χ3n) is 15.7. The van der Waals surface area contributed by atoms with Crippen LogP contribution in [-0.2, 0) is 46.9 Å². The van der Waals surface area contributed by atoms with E-state index in [1.54, 1.807) is 39.1 Å². The molecule has 0 saturated heterocycles. The number of aliphatic hydroxyl groups is 2. The van der Waals surface area contributed by atoms with E-state index < -0.39 is 0 Å². The zero-order valence-corrected chi connectivity index (χ0v) is 50.1. The highest BCUT2D eigenvalue weighted by Gasteiger charge is 2.32. The van der Waals surface area contributed by atoms with Crippen molar-refractivity contribution in [1.82, 2.24) is 123 Å². The summed E-state index contributed by atoms with van der Waals surface area (Å²) >= 11 is 0. The van der Waals surface area contributed by atoms with Crippen molar-refractivity contribution in [3.8, 4) is 34.2 Å². The maximum absolute atomic E-state index is 12.0. The Labute approximate surface area is 531 Å². The van der Waals surface area contributed by atoms with E-state index in [4.69, 9.17) is 14.2 Å². The van der Waals surface area contributed by atoms with Gasteiger partial charge in [0.05, 0.1) is 54.9 Å². The summed E-state index contributed by atoms with van der Waals surface area (Å²) in [5.41, 5.74) is 8.64. The van der Waals surface area contributed by atoms with Crippen LogP contribution < -0.4 is 16.0 Å². The van der Waals surface area contributed by atoms with Crippen LogP contribution in [-0.4, -0.2) is 151 Å². The summed E-state index contributed by atoms with van der Waals surface area (Å²) in [5.74, 6) is 6.40. The molecule has 15 heterocycles. The second-order valence-corrected chi connectivity index (χ2v) is 22.9. The van der Waals surface area contributed by atoms with Gasteiger partial charge in [0.1, 0.15) is 30.7 Å². The molecule has 0 radical (unpaired) electrons. The van der Waals surface area contributed by atoms with Gasteiger partial charge in [-0.15, -0.1) is 30.6 Å². The molecule has 3 aliphatic carbocycles. The first-order valence-electron chi connectivity index (χ1n) is 30.2. The van der Waals surface area contributed by atoms with Gasteiger partial charge in [0.25, 0.3) is 5.89 Å². The lowest BCUT2D eigenvalue weighted by Crippen LogP contribution is -2.13. The van der Waals surface area contributed by atoms with Crippen LogP contribution in [0.3, 0.4) is 0 Å². The fraction of sp³-hybridized carbons (Fsp3) is 0.250. The number of anilines is 3. The van der Waals surface area contributed by atoms with Gasteiger partial charge in [0.2, 0.25) is 35.3 Å². The Morgan fingerprint density at radius 3 is 1.20 bits per heavy atom. The van der Waals surface area contributed by atoms with Crippen LogP contribution in [0.4, 0.5) is 17.5 Å². The molecule has 0 bridgehead atoms. The lowest BCUT2D eigenvalue weighted by atomic mass is 10.2. The maximum atomic E-state index is 12.0. The number of fused-ring (bicyclic) bond motifs is 6. The maximum Gasteiger partial charge on any atom is 0.252 e. The van der Waals surface area contributed by atoms with E-state index in [0.717, 1.165) is 72.6 Å². The molecule has 474 valence electrons. The Morgan fingerprint density at radius 2 is 0.842 bits per heavy atom. The van der Waals surface area contributed by atoms with Crippen LogP contribution in [0.2, 0.25) is 0 Å². The van der Waals surface area contributed by atoms with E-state index in [2.05, 4.69) is 112 Å². The monoisotopic (exact) mass is 1280 g/mol. The molecule has 18 rings (SSSR count). The molecule has 95 heavy (non-hydrogen) atoms. The number of hydrogen-bond acceptors (Lipinski definition) is 25. The molecule has 0 aliphatic heterocycles. The number of imidazole rings is 3. The highest BCUT2D eigenvalue weighted by molar-refractivity contribution is 5.94. The molecule has 0 aromatic carbocycles. The van der Waals surface area contributed by atoms with Gasteiger partial charge in [-0.2, -0.15) is 30.4 Å². The minimum atomic E-state index is -0.318. The van der Waals surface area contributed by atoms with E-state index >= 15 is 0 Å². The molecule has 35 heteroatoms. The second-order valence-electron chi connectivity index (χ2n) is 22.9. The number of carbonyl (C=O) groups excluding carboxylic acids is 3. The predicted octanol–water partition coefficient (Wildman–Crippen LogP) is 4.31. The number of aromatic amines is 1. The summed E-state index contributed by atoms with van der Waals surface area (Å²) in [6.45, 7) is 1.23. The minimum absolute atomic E-state index is 0.00655. The number of hydrogen-bond donors (Lipinski definition) is 6. The van der Waals surface area contributed by atoms with E-state index in [1.807, 2.05) is 105 Å². The van der Waals surface area contributed by atoms with E-state index in [1.165, 1.54) is 0 Å². The Bertz CT molecular complexity index is 5200. The molecular formula is C60H52N28O7. The van der Waals surface area contributed by atoms with Gasteiger partial charge in [0.15, 0.2) is 63.0 Å². The summed E-state index contributed by atoms with van der Waals surface area (Å²) in [5, 5.41) is 80.9. The van der Waals surface area contributed by atoms with Gasteiger partial charge in [-0.3, -0.25) is 32.7 Å². The van der Waals surface area contributed by atoms with Gasteiger partial charge < -0.3 is 35.2 Å². The number of pyridine rings is 3. The Hall–Kier alpha value is -12.5. The fourth-order valence-corrected chi connectivity index (χ4v) is 10.4. The van der Waals surface area contributed by atoms with Gasteiger partial charge >= 0.3 is 0 Å². The van der Waals surface area contributed by atoms with Crippen molar-refractivity contribution in [1.29, 1.82) is 0 Å². The van der Waals surface area contributed by atoms with Gasteiger partial charge in [-0.25, -0.2) is 33.5 Å². The summed E-state index contributed by atoms with van der Waals surface area (Å²) in [7, 11) is 0. The Kier molecular flexibility index (Phi) is 14.5. The zero-order valence-electron chi connectivity index (χ0n) is 50.1. The SMILES string of the molecule is Cc1nc(-c2ccc3nnc(Cc4ccc5nc(NC(=O)C6CC6)cn5n4)n3c2)no1.O=C(Nc1cn2nc(Cc3nnc4ccc(-c5n[nH]c(CO)n5)cn34)ccc2n1)C1CC1.O=C(Nc1cn2nc(Cc3nnc4ccc(-c5noc(CO)n5)cn34)ccc2n1)C1CC1. The quantitative estimate of drug-likeness (QED) is 0.0739. The van der Waals surface area contributed by atoms with Crippen molar-refractivity contribution in [3.63, 3.8) is 0 Å². The summed E-state index contributed by atoms with van der Waals surface area (Å²) in [6, 6.07) is 22.3. The van der Waals surface area contributed by atoms with E-state index in [9.17, 15) is 19.5 Å². The van der Waals surface area contributed by atoms with Crippen molar-refractivity contribution in [2.75, 3.05) is 16.0 Å². The molecule has 15 aromatic heterocycles. The standard InChI is InChI=1S/C20H18N10O2.C20H17N9O3.C20H17N9O2/c31-10-15-22-19(27-24-15)12-3-5-17-25-26-18(29(17)8-12)7-13-4-6-16-21-14(9-30(16)28-13)23-20(32)11-1-2-11;30-10-18-23-19(27-32-18)12-3-5-16-24-25-17(28(16)8-12)7-13-4-6-15-21-14(9-29(15)26-13)22-20(31)11-1-2-11;1-11-21-19(27-31-11)13-4-6-17-24-25-18(28(17)9-13)8-14-5-7-16-22-15(10-29(16)26-14)23-20(30)12-2-3-12/h3-6,8-9,11,31H,1-2,7,10H2,(H,23,32)(H,22,24,27);3-6,8-9,11,30H,1-2,7,10H2,(H,22,31);4-7,9-10,12H,2-3,8H2,1H3,(H,23,30). The third-order valence-corrected chi connectivity index (χ3v) is 15.7. The molecule has 3 fully saturated rings. The first-order valence-corrected chi connectivity index (χ1v) is 30.2. The topological polar surface area (TPSA) is 428 Å². The summed E-state index contributed by atoms with van der Waals surface area (Å²) in [4.78, 5) is 61.8. The molecule has 15 aromatic rings. The number of carbonyl (C=O) groups is 3. The number of nitrogens with one attached hydrogen (secondary N) is 4. The van der Waals surface area contributed by atoms with Crippen LogP contribution >= 0.6 is 0 Å². The van der Waals surface area contributed by atoms with Crippen LogP contribution in [0, 0.1) is 24.7 Å². The normalized spacial score (nSPS) is 13.8. The van der Waals surface area contributed by atoms with Gasteiger partial charge in [-0.1, -0.05) is 10.3 Å². The molecule has 3 saturated carbocycles. The highest BCUT2D eigenvalue weighted by Crippen LogP contribution is 2.32. The van der Waals surface area contributed by atoms with Crippen LogP contribution in [0.15, 0.2) is 119 Å². The largest absolute Gasteiger partial charge is 0.388 e. The lowest BCUT2D eigenvalue weighted by Gasteiger charge is -2.02. The van der Waals surface area contributed by atoms with Gasteiger partial charge in [0, 0.05) is 60.0 Å². The van der Waals surface area contributed by atoms with Crippen molar-refractivity contribution in [2.24, 2.45) is 17.8 Å². The molecule has 3 aliphatic rings. The molecule has 3 amide bonds. The first-order chi connectivity index (χ1) is 46.4. The first kappa shape index (κ1) is 57.6. The van der Waals surface area contributed by atoms with Crippen molar-refractivity contribution >= 4 is 69.1 Å². The fourth-order valence-electron chi connectivity index (χ4n) is 10.4. The minimum Gasteiger partial charge on any atom is -0.388 e. The van der Waals surface area contributed by atoms with Crippen LogP contribution in [0.1, 0.15) is 90.7 Å². The van der Waals surface area contributed by atoms with E-state index in [0.29, 0.717) is 117 Å². The number of amides is 3. The second kappa shape index (κ2) is 23.9. The van der Waals surface area contributed by atoms with Crippen LogP contribution in [0.5, 0.6) is 0 Å².